The molecule has 0 bridgehead atoms. The fourth-order valence-electron chi connectivity index (χ4n) is 4.21. The van der Waals surface area contributed by atoms with Gasteiger partial charge in [-0.2, -0.15) is 0 Å². The number of nitrogens with one attached hydrogen (secondary N) is 1. The van der Waals surface area contributed by atoms with Crippen molar-refractivity contribution in [2.45, 2.75) is 26.3 Å². The summed E-state index contributed by atoms with van der Waals surface area (Å²) in [6.45, 7) is 13.5. The van der Waals surface area contributed by atoms with Gasteiger partial charge in [-0.25, -0.2) is 0 Å². The zero-order valence-electron chi connectivity index (χ0n) is 17.0. The molecule has 3 rings (SSSR count). The fraction of sp³-hybridized carbons (Fsp3) is 0.667. The highest BCUT2D eigenvalue weighted by atomic mass is 79.9. The molecule has 6 heteroatoms. The smallest absolute Gasteiger partial charge is 0.193 e. The van der Waals surface area contributed by atoms with Crippen LogP contribution in [-0.2, 0) is 0 Å². The first-order valence-corrected chi connectivity index (χ1v) is 11.1. The van der Waals surface area contributed by atoms with Crippen molar-refractivity contribution in [1.82, 2.24) is 20.0 Å². The minimum absolute atomic E-state index is 0.453. The Balaban J connectivity index is 1.46. The first-order valence-electron chi connectivity index (χ1n) is 10.3. The molecule has 2 atom stereocenters. The van der Waals surface area contributed by atoms with E-state index in [4.69, 9.17) is 0 Å². The third kappa shape index (κ3) is 5.46. The summed E-state index contributed by atoms with van der Waals surface area (Å²) < 4.78 is 1.14. The molecule has 1 aromatic carbocycles. The number of hydrogen-bond donors (Lipinski definition) is 1. The average molecular weight is 436 g/mol. The second kappa shape index (κ2) is 9.89. The van der Waals surface area contributed by atoms with Crippen LogP contribution in [0.1, 0.15) is 31.9 Å². The molecule has 1 aromatic rings. The summed E-state index contributed by atoms with van der Waals surface area (Å²) in [5.74, 6) is 1.82. The van der Waals surface area contributed by atoms with Crippen molar-refractivity contribution in [3.63, 3.8) is 0 Å². The quantitative estimate of drug-likeness (QED) is 0.569. The number of likely N-dealkylation sites (tertiary alicyclic amines) is 1. The molecule has 1 N–H and O–H groups in total. The van der Waals surface area contributed by atoms with E-state index in [2.05, 4.69) is 79.1 Å². The molecule has 5 nitrogen and oxygen atoms in total. The van der Waals surface area contributed by atoms with Crippen molar-refractivity contribution in [2.24, 2.45) is 10.9 Å². The van der Waals surface area contributed by atoms with Gasteiger partial charge in [-0.3, -0.25) is 9.89 Å². The normalized spacial score (nSPS) is 23.6. The second-order valence-corrected chi connectivity index (χ2v) is 8.64. The second-order valence-electron chi connectivity index (χ2n) is 7.73. The third-order valence-electron chi connectivity index (χ3n) is 6.09. The first kappa shape index (κ1) is 20.6. The lowest BCUT2D eigenvalue weighted by Crippen LogP contribution is -2.53. The number of rotatable bonds is 5. The van der Waals surface area contributed by atoms with Gasteiger partial charge in [0.25, 0.3) is 0 Å². The zero-order valence-corrected chi connectivity index (χ0v) is 18.6. The Morgan fingerprint density at radius 1 is 1.19 bits per heavy atom. The van der Waals surface area contributed by atoms with E-state index in [0.717, 1.165) is 49.1 Å². The van der Waals surface area contributed by atoms with E-state index < -0.39 is 0 Å². The van der Waals surface area contributed by atoms with Crippen LogP contribution in [-0.4, -0.2) is 80.1 Å². The van der Waals surface area contributed by atoms with Crippen LogP contribution in [0.25, 0.3) is 0 Å². The van der Waals surface area contributed by atoms with Crippen molar-refractivity contribution in [3.05, 3.63) is 34.3 Å². The van der Waals surface area contributed by atoms with Gasteiger partial charge in [0.2, 0.25) is 0 Å². The SMILES string of the molecule is CCN1CCC(CNC(=NC)N2CCN(C(C)c3ccc(Br)cc3)CC2)C1. The summed E-state index contributed by atoms with van der Waals surface area (Å²) in [5.41, 5.74) is 1.39. The molecule has 27 heavy (non-hydrogen) atoms. The van der Waals surface area contributed by atoms with Crippen LogP contribution >= 0.6 is 15.9 Å². The van der Waals surface area contributed by atoms with Gasteiger partial charge in [-0.15, -0.1) is 0 Å². The fourth-order valence-corrected chi connectivity index (χ4v) is 4.47. The summed E-state index contributed by atoms with van der Waals surface area (Å²) in [6, 6.07) is 9.17. The molecule has 2 fully saturated rings. The van der Waals surface area contributed by atoms with Crippen LogP contribution in [0.4, 0.5) is 0 Å². The van der Waals surface area contributed by atoms with E-state index in [-0.39, 0.29) is 0 Å². The number of piperazine rings is 1. The predicted octanol–water partition coefficient (Wildman–Crippen LogP) is 3.04. The average Bonchev–Trinajstić information content (AvgIpc) is 3.17. The number of halogens is 1. The van der Waals surface area contributed by atoms with Gasteiger partial charge in [0, 0.05) is 56.8 Å². The van der Waals surface area contributed by atoms with Gasteiger partial charge in [-0.1, -0.05) is 35.0 Å². The van der Waals surface area contributed by atoms with Crippen LogP contribution in [0.5, 0.6) is 0 Å². The summed E-state index contributed by atoms with van der Waals surface area (Å²) in [6.07, 6.45) is 1.30. The maximum atomic E-state index is 4.54. The summed E-state index contributed by atoms with van der Waals surface area (Å²) in [4.78, 5) is 12.1. The lowest BCUT2D eigenvalue weighted by atomic mass is 10.1. The molecular formula is C21H34BrN5. The van der Waals surface area contributed by atoms with E-state index in [1.807, 2.05) is 7.05 Å². The van der Waals surface area contributed by atoms with Crippen LogP contribution in [0.3, 0.4) is 0 Å². The number of hydrogen-bond acceptors (Lipinski definition) is 3. The van der Waals surface area contributed by atoms with Crippen molar-refractivity contribution < 1.29 is 0 Å². The summed E-state index contributed by atoms with van der Waals surface area (Å²) in [7, 11) is 1.91. The highest BCUT2D eigenvalue weighted by molar-refractivity contribution is 9.10. The van der Waals surface area contributed by atoms with Gasteiger partial charge in [-0.05, 0) is 50.0 Å². The van der Waals surface area contributed by atoms with E-state index in [9.17, 15) is 0 Å². The zero-order chi connectivity index (χ0) is 19.2. The van der Waals surface area contributed by atoms with Gasteiger partial charge < -0.3 is 15.1 Å². The summed E-state index contributed by atoms with van der Waals surface area (Å²) >= 11 is 3.53. The molecule has 0 aliphatic carbocycles. The van der Waals surface area contributed by atoms with E-state index in [1.54, 1.807) is 0 Å². The third-order valence-corrected chi connectivity index (χ3v) is 6.62. The molecular weight excluding hydrogens is 402 g/mol. The van der Waals surface area contributed by atoms with Crippen LogP contribution in [0.15, 0.2) is 33.7 Å². The Bertz CT molecular complexity index is 610. The van der Waals surface area contributed by atoms with E-state index in [1.165, 1.54) is 31.6 Å². The van der Waals surface area contributed by atoms with E-state index >= 15 is 0 Å². The molecule has 150 valence electrons. The Morgan fingerprint density at radius 2 is 1.89 bits per heavy atom. The lowest BCUT2D eigenvalue weighted by molar-refractivity contribution is 0.138. The number of guanidine groups is 1. The van der Waals surface area contributed by atoms with Gasteiger partial charge in [0.05, 0.1) is 0 Å². The Morgan fingerprint density at radius 3 is 2.48 bits per heavy atom. The summed E-state index contributed by atoms with van der Waals surface area (Å²) in [5, 5.41) is 3.63. The topological polar surface area (TPSA) is 34.1 Å². The van der Waals surface area contributed by atoms with Gasteiger partial charge in [0.15, 0.2) is 5.96 Å². The minimum Gasteiger partial charge on any atom is -0.356 e. The Kier molecular flexibility index (Phi) is 7.56. The molecule has 0 aromatic heterocycles. The number of nitrogens with zero attached hydrogens (tertiary/aromatic N) is 4. The largest absolute Gasteiger partial charge is 0.356 e. The molecule has 2 heterocycles. The Labute approximate surface area is 172 Å². The Hall–Kier alpha value is -1.11. The lowest BCUT2D eigenvalue weighted by Gasteiger charge is -2.39. The van der Waals surface area contributed by atoms with Gasteiger partial charge in [0.1, 0.15) is 0 Å². The number of benzene rings is 1. The minimum atomic E-state index is 0.453. The van der Waals surface area contributed by atoms with Crippen molar-refractivity contribution in [3.8, 4) is 0 Å². The van der Waals surface area contributed by atoms with Gasteiger partial charge >= 0.3 is 0 Å². The maximum absolute atomic E-state index is 4.54. The monoisotopic (exact) mass is 435 g/mol. The first-order chi connectivity index (χ1) is 13.1. The molecule has 0 spiro atoms. The van der Waals surface area contributed by atoms with Crippen LogP contribution in [0, 0.1) is 5.92 Å². The molecule has 0 radical (unpaired) electrons. The molecule has 2 aliphatic heterocycles. The van der Waals surface area contributed by atoms with Crippen LogP contribution in [0.2, 0.25) is 0 Å². The molecule has 2 unspecified atom stereocenters. The van der Waals surface area contributed by atoms with Crippen molar-refractivity contribution >= 4 is 21.9 Å². The molecule has 0 amide bonds. The molecule has 0 saturated carbocycles. The highest BCUT2D eigenvalue weighted by Crippen LogP contribution is 2.23. The van der Waals surface area contributed by atoms with Crippen LogP contribution < -0.4 is 5.32 Å². The van der Waals surface area contributed by atoms with Crippen molar-refractivity contribution in [1.29, 1.82) is 0 Å². The molecule has 2 saturated heterocycles. The molecule has 2 aliphatic rings. The predicted molar refractivity (Wildman–Crippen MR) is 117 cm³/mol. The van der Waals surface area contributed by atoms with Crippen molar-refractivity contribution in [2.75, 3.05) is 59.4 Å². The van der Waals surface area contributed by atoms with E-state index in [0.29, 0.717) is 6.04 Å². The highest BCUT2D eigenvalue weighted by Gasteiger charge is 2.25. The number of aliphatic imine (C=N–C) groups is 1. The standard InChI is InChI=1S/C21H34BrN5/c1-4-25-10-9-18(16-25)15-24-21(23-3)27-13-11-26(12-14-27)17(2)19-5-7-20(22)8-6-19/h5-8,17-18H,4,9-16H2,1-3H3,(H,23,24). The maximum Gasteiger partial charge on any atom is 0.193 e.